The topological polar surface area (TPSA) is 70.5 Å². The number of carboxylic acid groups (broad SMARTS) is 1. The Bertz CT molecular complexity index is 447. The van der Waals surface area contributed by atoms with E-state index >= 15 is 0 Å². The Labute approximate surface area is 105 Å². The predicted molar refractivity (Wildman–Crippen MR) is 64.8 cm³/mol. The van der Waals surface area contributed by atoms with E-state index in [-0.39, 0.29) is 18.2 Å². The van der Waals surface area contributed by atoms with Crippen LogP contribution in [0.5, 0.6) is 0 Å². The highest BCUT2D eigenvalue weighted by Crippen LogP contribution is 2.23. The van der Waals surface area contributed by atoms with Gasteiger partial charge in [0.15, 0.2) is 0 Å². The third-order valence-electron chi connectivity index (χ3n) is 3.34. The molecule has 1 fully saturated rings. The van der Waals surface area contributed by atoms with Crippen molar-refractivity contribution >= 4 is 11.9 Å². The van der Waals surface area contributed by atoms with Gasteiger partial charge in [-0.3, -0.25) is 14.6 Å². The molecule has 2 rings (SSSR count). The second-order valence-electron chi connectivity index (χ2n) is 4.72. The van der Waals surface area contributed by atoms with Crippen LogP contribution in [-0.2, 0) is 16.0 Å². The standard InChI is InChI=1S/C13H16N2O3/c1-9-7-15(8-11(9)13(17)18)12(16)6-10-4-2-3-5-14-10/h2-5,9,11H,6-8H2,1H3,(H,17,18)/t9-,11-/m1/s1. The molecule has 1 aliphatic rings. The van der Waals surface area contributed by atoms with E-state index in [1.807, 2.05) is 13.0 Å². The lowest BCUT2D eigenvalue weighted by Crippen LogP contribution is -2.31. The van der Waals surface area contributed by atoms with Gasteiger partial charge in [-0.25, -0.2) is 0 Å². The van der Waals surface area contributed by atoms with Gasteiger partial charge in [-0.1, -0.05) is 13.0 Å². The zero-order chi connectivity index (χ0) is 13.1. The Balaban J connectivity index is 1.97. The van der Waals surface area contributed by atoms with Crippen molar-refractivity contribution in [3.8, 4) is 0 Å². The van der Waals surface area contributed by atoms with Crippen LogP contribution >= 0.6 is 0 Å². The average Bonchev–Trinajstić information content (AvgIpc) is 2.73. The number of carbonyl (C=O) groups excluding carboxylic acids is 1. The van der Waals surface area contributed by atoms with Crippen molar-refractivity contribution in [1.29, 1.82) is 0 Å². The lowest BCUT2D eigenvalue weighted by atomic mass is 9.99. The van der Waals surface area contributed by atoms with Crippen molar-refractivity contribution in [2.24, 2.45) is 11.8 Å². The molecule has 1 aliphatic heterocycles. The summed E-state index contributed by atoms with van der Waals surface area (Å²) in [6.45, 7) is 2.69. The number of hydrogen-bond donors (Lipinski definition) is 1. The molecule has 1 aromatic heterocycles. The molecule has 0 unspecified atom stereocenters. The molecular formula is C13H16N2O3. The van der Waals surface area contributed by atoms with Gasteiger partial charge in [-0.15, -0.1) is 0 Å². The second kappa shape index (κ2) is 5.16. The van der Waals surface area contributed by atoms with Crippen LogP contribution in [0.3, 0.4) is 0 Å². The summed E-state index contributed by atoms with van der Waals surface area (Å²) < 4.78 is 0. The molecule has 2 heterocycles. The number of likely N-dealkylation sites (tertiary alicyclic amines) is 1. The molecule has 1 N–H and O–H groups in total. The van der Waals surface area contributed by atoms with Gasteiger partial charge in [0.1, 0.15) is 0 Å². The quantitative estimate of drug-likeness (QED) is 0.859. The van der Waals surface area contributed by atoms with Crippen molar-refractivity contribution in [2.45, 2.75) is 13.3 Å². The maximum absolute atomic E-state index is 12.0. The van der Waals surface area contributed by atoms with Crippen LogP contribution in [0, 0.1) is 11.8 Å². The van der Waals surface area contributed by atoms with Gasteiger partial charge in [-0.05, 0) is 18.1 Å². The predicted octanol–water partition coefficient (Wildman–Crippen LogP) is 0.803. The van der Waals surface area contributed by atoms with Crippen LogP contribution in [0.4, 0.5) is 0 Å². The molecular weight excluding hydrogens is 232 g/mol. The van der Waals surface area contributed by atoms with Crippen molar-refractivity contribution < 1.29 is 14.7 Å². The number of amides is 1. The maximum atomic E-state index is 12.0. The summed E-state index contributed by atoms with van der Waals surface area (Å²) in [4.78, 5) is 28.7. The smallest absolute Gasteiger partial charge is 0.308 e. The zero-order valence-corrected chi connectivity index (χ0v) is 10.2. The summed E-state index contributed by atoms with van der Waals surface area (Å²) in [7, 11) is 0. The van der Waals surface area contributed by atoms with Gasteiger partial charge in [-0.2, -0.15) is 0 Å². The van der Waals surface area contributed by atoms with Gasteiger partial charge in [0.25, 0.3) is 0 Å². The number of aromatic nitrogens is 1. The molecule has 18 heavy (non-hydrogen) atoms. The Morgan fingerprint density at radius 1 is 1.44 bits per heavy atom. The highest BCUT2D eigenvalue weighted by molar-refractivity contribution is 5.80. The van der Waals surface area contributed by atoms with E-state index in [1.165, 1.54) is 0 Å². The minimum absolute atomic E-state index is 0.00943. The summed E-state index contributed by atoms with van der Waals surface area (Å²) in [6, 6.07) is 5.43. The van der Waals surface area contributed by atoms with E-state index in [0.717, 1.165) is 0 Å². The molecule has 0 spiro atoms. The van der Waals surface area contributed by atoms with E-state index in [4.69, 9.17) is 5.11 Å². The van der Waals surface area contributed by atoms with Crippen molar-refractivity contribution in [3.05, 3.63) is 30.1 Å². The fraction of sp³-hybridized carbons (Fsp3) is 0.462. The average molecular weight is 248 g/mol. The summed E-state index contributed by atoms with van der Waals surface area (Å²) in [5, 5.41) is 9.02. The van der Waals surface area contributed by atoms with Gasteiger partial charge >= 0.3 is 5.97 Å². The lowest BCUT2D eigenvalue weighted by molar-refractivity contribution is -0.142. The molecule has 1 aromatic rings. The summed E-state index contributed by atoms with van der Waals surface area (Å²) in [6.07, 6.45) is 1.88. The molecule has 0 bridgehead atoms. The minimum Gasteiger partial charge on any atom is -0.481 e. The normalized spacial score (nSPS) is 23.1. The van der Waals surface area contributed by atoms with Crippen LogP contribution in [0.15, 0.2) is 24.4 Å². The summed E-state index contributed by atoms with van der Waals surface area (Å²) >= 11 is 0. The molecule has 2 atom stereocenters. The number of nitrogens with zero attached hydrogens (tertiary/aromatic N) is 2. The lowest BCUT2D eigenvalue weighted by Gasteiger charge is -2.15. The largest absolute Gasteiger partial charge is 0.481 e. The highest BCUT2D eigenvalue weighted by atomic mass is 16.4. The summed E-state index contributed by atoms with van der Waals surface area (Å²) in [5.74, 6) is -1.31. The Kier molecular flexibility index (Phi) is 3.60. The minimum atomic E-state index is -0.823. The number of pyridine rings is 1. The number of rotatable bonds is 3. The van der Waals surface area contributed by atoms with E-state index in [9.17, 15) is 9.59 Å². The molecule has 0 aliphatic carbocycles. The number of hydrogen-bond acceptors (Lipinski definition) is 3. The van der Waals surface area contributed by atoms with Crippen LogP contribution in [0.25, 0.3) is 0 Å². The van der Waals surface area contributed by atoms with E-state index < -0.39 is 11.9 Å². The van der Waals surface area contributed by atoms with Crippen LogP contribution in [-0.4, -0.2) is 40.0 Å². The molecule has 0 saturated carbocycles. The summed E-state index contributed by atoms with van der Waals surface area (Å²) in [5.41, 5.74) is 0.717. The van der Waals surface area contributed by atoms with Gasteiger partial charge < -0.3 is 10.0 Å². The molecule has 5 heteroatoms. The van der Waals surface area contributed by atoms with Crippen LogP contribution in [0.1, 0.15) is 12.6 Å². The first-order valence-electron chi connectivity index (χ1n) is 5.98. The molecule has 5 nitrogen and oxygen atoms in total. The van der Waals surface area contributed by atoms with Crippen LogP contribution < -0.4 is 0 Å². The van der Waals surface area contributed by atoms with Gasteiger partial charge in [0.2, 0.25) is 5.91 Å². The monoisotopic (exact) mass is 248 g/mol. The Hall–Kier alpha value is -1.91. The molecule has 96 valence electrons. The molecule has 0 radical (unpaired) electrons. The van der Waals surface area contributed by atoms with Gasteiger partial charge in [0, 0.05) is 25.0 Å². The molecule has 0 aromatic carbocycles. The fourth-order valence-electron chi connectivity index (χ4n) is 2.26. The first-order valence-corrected chi connectivity index (χ1v) is 5.98. The second-order valence-corrected chi connectivity index (χ2v) is 4.72. The van der Waals surface area contributed by atoms with Crippen molar-refractivity contribution in [1.82, 2.24) is 9.88 Å². The van der Waals surface area contributed by atoms with E-state index in [0.29, 0.717) is 18.8 Å². The number of carboxylic acids is 1. The molecule has 1 saturated heterocycles. The first kappa shape index (κ1) is 12.5. The van der Waals surface area contributed by atoms with E-state index in [1.54, 1.807) is 23.2 Å². The molecule has 1 amide bonds. The van der Waals surface area contributed by atoms with Gasteiger partial charge in [0.05, 0.1) is 12.3 Å². The Morgan fingerprint density at radius 2 is 2.22 bits per heavy atom. The van der Waals surface area contributed by atoms with Crippen LogP contribution in [0.2, 0.25) is 0 Å². The van der Waals surface area contributed by atoms with Crippen molar-refractivity contribution in [3.63, 3.8) is 0 Å². The third-order valence-corrected chi connectivity index (χ3v) is 3.34. The third kappa shape index (κ3) is 2.67. The van der Waals surface area contributed by atoms with E-state index in [2.05, 4.69) is 4.98 Å². The Morgan fingerprint density at radius 3 is 2.78 bits per heavy atom. The first-order chi connectivity index (χ1) is 8.58. The highest BCUT2D eigenvalue weighted by Gasteiger charge is 2.36. The van der Waals surface area contributed by atoms with Crippen molar-refractivity contribution in [2.75, 3.05) is 13.1 Å². The SMILES string of the molecule is C[C@@H]1CN(C(=O)Cc2ccccn2)C[C@H]1C(=O)O. The number of carbonyl (C=O) groups is 2. The fourth-order valence-corrected chi connectivity index (χ4v) is 2.26. The maximum Gasteiger partial charge on any atom is 0.308 e. The zero-order valence-electron chi connectivity index (χ0n) is 10.2. The number of aliphatic carboxylic acids is 1.